The smallest absolute Gasteiger partial charge is 0.273 e. The Bertz CT molecular complexity index is 547. The van der Waals surface area contributed by atoms with Crippen LogP contribution < -0.4 is 5.32 Å². The van der Waals surface area contributed by atoms with Crippen LogP contribution in [0.15, 0.2) is 28.1 Å². The van der Waals surface area contributed by atoms with Crippen molar-refractivity contribution in [3.05, 3.63) is 29.3 Å². The number of carbonyl (C=O) groups excluding carboxylic acids is 1. The molecule has 2 aromatic heterocycles. The number of nitrogens with zero attached hydrogens (tertiary/aromatic N) is 2. The standard InChI is InChI=1S/C15H21N3O2S/c1-3-18(4-2)9-6-8-16-15(19)12-11-13(20-17-12)14-7-5-10-21-14/h5,7,10-11H,3-4,6,8-9H2,1-2H3,(H,16,19). The molecule has 0 unspecified atom stereocenters. The fraction of sp³-hybridized carbons (Fsp3) is 0.467. The number of thiophene rings is 1. The van der Waals surface area contributed by atoms with E-state index in [0.29, 0.717) is 18.0 Å². The van der Waals surface area contributed by atoms with Gasteiger partial charge in [-0.3, -0.25) is 4.79 Å². The van der Waals surface area contributed by atoms with Crippen LogP contribution in [0.4, 0.5) is 0 Å². The van der Waals surface area contributed by atoms with Crippen LogP contribution >= 0.6 is 11.3 Å². The third kappa shape index (κ3) is 4.41. The lowest BCUT2D eigenvalue weighted by Crippen LogP contribution is -2.30. The lowest BCUT2D eigenvalue weighted by molar-refractivity contribution is 0.0943. The number of hydrogen-bond donors (Lipinski definition) is 1. The van der Waals surface area contributed by atoms with Crippen molar-refractivity contribution in [2.75, 3.05) is 26.2 Å². The summed E-state index contributed by atoms with van der Waals surface area (Å²) in [5, 5.41) is 8.67. The van der Waals surface area contributed by atoms with Gasteiger partial charge in [-0.25, -0.2) is 0 Å². The van der Waals surface area contributed by atoms with Crippen LogP contribution in [0.25, 0.3) is 10.6 Å². The van der Waals surface area contributed by atoms with E-state index in [9.17, 15) is 4.79 Å². The molecule has 0 saturated heterocycles. The number of hydrogen-bond acceptors (Lipinski definition) is 5. The van der Waals surface area contributed by atoms with Crippen LogP contribution in [0.1, 0.15) is 30.8 Å². The van der Waals surface area contributed by atoms with Crippen molar-refractivity contribution in [1.82, 2.24) is 15.4 Å². The highest BCUT2D eigenvalue weighted by molar-refractivity contribution is 7.13. The Morgan fingerprint density at radius 2 is 2.24 bits per heavy atom. The third-order valence-electron chi connectivity index (χ3n) is 3.34. The van der Waals surface area contributed by atoms with E-state index in [4.69, 9.17) is 4.52 Å². The summed E-state index contributed by atoms with van der Waals surface area (Å²) in [6, 6.07) is 5.57. The number of nitrogens with one attached hydrogen (secondary N) is 1. The molecule has 0 aliphatic carbocycles. The summed E-state index contributed by atoms with van der Waals surface area (Å²) in [7, 11) is 0. The van der Waals surface area contributed by atoms with Gasteiger partial charge in [0.15, 0.2) is 11.5 Å². The Morgan fingerprint density at radius 1 is 1.43 bits per heavy atom. The summed E-state index contributed by atoms with van der Waals surface area (Å²) >= 11 is 1.56. The number of amides is 1. The largest absolute Gasteiger partial charge is 0.355 e. The molecule has 0 atom stereocenters. The average molecular weight is 307 g/mol. The molecule has 0 aliphatic heterocycles. The van der Waals surface area contributed by atoms with E-state index in [1.165, 1.54) is 0 Å². The van der Waals surface area contributed by atoms with Crippen LogP contribution in [0.3, 0.4) is 0 Å². The molecular weight excluding hydrogens is 286 g/mol. The second-order valence-corrected chi connectivity index (χ2v) is 5.64. The van der Waals surface area contributed by atoms with E-state index < -0.39 is 0 Å². The molecule has 6 heteroatoms. The van der Waals surface area contributed by atoms with Crippen LogP contribution in [-0.2, 0) is 0 Å². The number of aromatic nitrogens is 1. The van der Waals surface area contributed by atoms with Crippen molar-refractivity contribution in [2.24, 2.45) is 0 Å². The monoisotopic (exact) mass is 307 g/mol. The first kappa shape index (κ1) is 15.7. The molecule has 0 spiro atoms. The third-order valence-corrected chi connectivity index (χ3v) is 4.22. The molecule has 0 aliphatic rings. The first-order valence-corrected chi connectivity index (χ1v) is 8.13. The number of rotatable bonds is 8. The maximum absolute atomic E-state index is 12.0. The van der Waals surface area contributed by atoms with E-state index in [0.717, 1.165) is 30.9 Å². The second-order valence-electron chi connectivity index (χ2n) is 4.69. The lowest BCUT2D eigenvalue weighted by Gasteiger charge is -2.17. The van der Waals surface area contributed by atoms with Gasteiger partial charge in [-0.05, 0) is 37.5 Å². The molecule has 0 fully saturated rings. The molecule has 0 saturated carbocycles. The molecule has 0 bridgehead atoms. The van der Waals surface area contributed by atoms with E-state index >= 15 is 0 Å². The molecule has 5 nitrogen and oxygen atoms in total. The van der Waals surface area contributed by atoms with Crippen LogP contribution in [-0.4, -0.2) is 42.1 Å². The highest BCUT2D eigenvalue weighted by atomic mass is 32.1. The molecular formula is C15H21N3O2S. The Hall–Kier alpha value is -1.66. The summed E-state index contributed by atoms with van der Waals surface area (Å²) in [4.78, 5) is 15.3. The van der Waals surface area contributed by atoms with Gasteiger partial charge in [0.25, 0.3) is 5.91 Å². The first-order valence-electron chi connectivity index (χ1n) is 7.25. The first-order chi connectivity index (χ1) is 10.2. The minimum absolute atomic E-state index is 0.180. The van der Waals surface area contributed by atoms with Crippen molar-refractivity contribution in [3.63, 3.8) is 0 Å². The minimum Gasteiger partial charge on any atom is -0.355 e. The molecule has 1 amide bonds. The van der Waals surface area contributed by atoms with Gasteiger partial charge >= 0.3 is 0 Å². The van der Waals surface area contributed by atoms with Crippen molar-refractivity contribution in [3.8, 4) is 10.6 Å². The van der Waals surface area contributed by atoms with Crippen molar-refractivity contribution in [2.45, 2.75) is 20.3 Å². The van der Waals surface area contributed by atoms with Gasteiger partial charge < -0.3 is 14.7 Å². The molecule has 2 aromatic rings. The van der Waals surface area contributed by atoms with E-state index in [-0.39, 0.29) is 5.91 Å². The zero-order valence-electron chi connectivity index (χ0n) is 12.5. The van der Waals surface area contributed by atoms with Gasteiger partial charge in [-0.1, -0.05) is 25.1 Å². The molecule has 0 aromatic carbocycles. The normalized spacial score (nSPS) is 11.0. The SMILES string of the molecule is CCN(CC)CCCNC(=O)c1cc(-c2cccs2)on1. The fourth-order valence-corrected chi connectivity index (χ4v) is 2.73. The number of carbonyl (C=O) groups is 1. The van der Waals surface area contributed by atoms with E-state index in [1.54, 1.807) is 17.4 Å². The van der Waals surface area contributed by atoms with Gasteiger partial charge in [0.1, 0.15) is 0 Å². The minimum atomic E-state index is -0.180. The van der Waals surface area contributed by atoms with Crippen LogP contribution in [0.5, 0.6) is 0 Å². The summed E-state index contributed by atoms with van der Waals surface area (Å²) in [6.07, 6.45) is 0.934. The Balaban J connectivity index is 1.79. The van der Waals surface area contributed by atoms with Crippen LogP contribution in [0, 0.1) is 0 Å². The Morgan fingerprint density at radius 3 is 2.90 bits per heavy atom. The highest BCUT2D eigenvalue weighted by Crippen LogP contribution is 2.24. The quantitative estimate of drug-likeness (QED) is 0.762. The van der Waals surface area contributed by atoms with Gasteiger partial charge in [0.2, 0.25) is 0 Å². The molecule has 1 N–H and O–H groups in total. The van der Waals surface area contributed by atoms with Gasteiger partial charge in [-0.15, -0.1) is 11.3 Å². The molecule has 2 heterocycles. The Kier molecular flexibility index (Phi) is 5.95. The molecule has 114 valence electrons. The summed E-state index contributed by atoms with van der Waals surface area (Å²) in [6.45, 7) is 8.01. The van der Waals surface area contributed by atoms with Crippen molar-refractivity contribution >= 4 is 17.2 Å². The van der Waals surface area contributed by atoms with Gasteiger partial charge in [-0.2, -0.15) is 0 Å². The average Bonchev–Trinajstić information content (AvgIpc) is 3.17. The van der Waals surface area contributed by atoms with Crippen molar-refractivity contribution < 1.29 is 9.32 Å². The predicted octanol–water partition coefficient (Wildman–Crippen LogP) is 2.86. The second kappa shape index (κ2) is 7.95. The lowest BCUT2D eigenvalue weighted by atomic mass is 10.3. The maximum atomic E-state index is 12.0. The van der Waals surface area contributed by atoms with Gasteiger partial charge in [0, 0.05) is 12.6 Å². The molecule has 21 heavy (non-hydrogen) atoms. The highest BCUT2D eigenvalue weighted by Gasteiger charge is 2.13. The Labute approximate surface area is 128 Å². The zero-order chi connectivity index (χ0) is 15.1. The van der Waals surface area contributed by atoms with Gasteiger partial charge in [0.05, 0.1) is 4.88 Å². The summed E-state index contributed by atoms with van der Waals surface area (Å²) in [5.41, 5.74) is 0.334. The molecule has 0 radical (unpaired) electrons. The predicted molar refractivity (Wildman–Crippen MR) is 84.6 cm³/mol. The molecule has 2 rings (SSSR count). The van der Waals surface area contributed by atoms with Crippen LogP contribution in [0.2, 0.25) is 0 Å². The van der Waals surface area contributed by atoms with E-state index in [2.05, 4.69) is 29.2 Å². The van der Waals surface area contributed by atoms with Crippen molar-refractivity contribution in [1.29, 1.82) is 0 Å². The fourth-order valence-electron chi connectivity index (χ4n) is 2.05. The zero-order valence-corrected chi connectivity index (χ0v) is 13.3. The summed E-state index contributed by atoms with van der Waals surface area (Å²) in [5.74, 6) is 0.458. The summed E-state index contributed by atoms with van der Waals surface area (Å²) < 4.78 is 5.20. The maximum Gasteiger partial charge on any atom is 0.273 e. The topological polar surface area (TPSA) is 58.4 Å². The van der Waals surface area contributed by atoms with E-state index in [1.807, 2.05) is 17.5 Å².